The Morgan fingerprint density at radius 2 is 1.29 bits per heavy atom. The Hall–Kier alpha value is -3.63. The first kappa shape index (κ1) is 23.5. The topological polar surface area (TPSA) is 0 Å². The quantitative estimate of drug-likeness (QED) is 0.189. The average Bonchev–Trinajstić information content (AvgIpc) is 2.87. The van der Waals surface area contributed by atoms with E-state index < -0.39 is 0 Å². The van der Waals surface area contributed by atoms with Crippen LogP contribution in [0, 0.1) is 17.7 Å². The van der Waals surface area contributed by atoms with E-state index in [-0.39, 0.29) is 5.82 Å². The summed E-state index contributed by atoms with van der Waals surface area (Å²) in [4.78, 5) is 0. The van der Waals surface area contributed by atoms with Gasteiger partial charge < -0.3 is 0 Å². The van der Waals surface area contributed by atoms with Gasteiger partial charge in [0.1, 0.15) is 5.82 Å². The van der Waals surface area contributed by atoms with Gasteiger partial charge in [-0.25, -0.2) is 4.39 Å². The molecule has 4 aromatic rings. The van der Waals surface area contributed by atoms with E-state index in [1.165, 1.54) is 23.1 Å². The molecule has 0 saturated carbocycles. The Kier molecular flexibility index (Phi) is 7.95. The standard InChI is InChI=1S/C33H31F/c1-3-5-7-30-21-22-31-24-29(20-23-32(31)33(30)34)19-18-28-16-14-27(15-17-28)13-12-26-10-8-25(6-4-2)9-11-26/h3,8-11,14-17,20-24H,1,4-7,12-13H2,2H3. The first-order valence-corrected chi connectivity index (χ1v) is 12.2. The predicted molar refractivity (Wildman–Crippen MR) is 143 cm³/mol. The Bertz CT molecular complexity index is 1320. The molecule has 0 N–H and O–H groups in total. The third-order valence-electron chi connectivity index (χ3n) is 6.22. The fourth-order valence-electron chi connectivity index (χ4n) is 4.21. The van der Waals surface area contributed by atoms with Crippen LogP contribution < -0.4 is 0 Å². The molecule has 0 atom stereocenters. The van der Waals surface area contributed by atoms with Crippen molar-refractivity contribution in [2.24, 2.45) is 0 Å². The minimum absolute atomic E-state index is 0.133. The van der Waals surface area contributed by atoms with Crippen LogP contribution in [0.1, 0.15) is 53.1 Å². The Morgan fingerprint density at radius 3 is 1.94 bits per heavy atom. The van der Waals surface area contributed by atoms with Gasteiger partial charge in [-0.3, -0.25) is 0 Å². The number of allylic oxidation sites excluding steroid dienone is 1. The molecule has 0 aliphatic carbocycles. The second-order valence-electron chi connectivity index (χ2n) is 8.82. The van der Waals surface area contributed by atoms with Crippen molar-refractivity contribution in [1.82, 2.24) is 0 Å². The summed E-state index contributed by atoms with van der Waals surface area (Å²) in [6.45, 7) is 5.94. The maximum absolute atomic E-state index is 14.8. The van der Waals surface area contributed by atoms with Crippen molar-refractivity contribution in [3.05, 3.63) is 131 Å². The zero-order valence-electron chi connectivity index (χ0n) is 19.9. The molecular weight excluding hydrogens is 415 g/mol. The highest BCUT2D eigenvalue weighted by atomic mass is 19.1. The summed E-state index contributed by atoms with van der Waals surface area (Å²) >= 11 is 0. The molecule has 4 rings (SSSR count). The number of aryl methyl sites for hydroxylation is 4. The third kappa shape index (κ3) is 6.03. The zero-order chi connectivity index (χ0) is 23.8. The zero-order valence-corrected chi connectivity index (χ0v) is 19.9. The van der Waals surface area contributed by atoms with Gasteiger partial charge in [-0.2, -0.15) is 0 Å². The lowest BCUT2D eigenvalue weighted by molar-refractivity contribution is 0.621. The molecule has 0 aromatic heterocycles. The van der Waals surface area contributed by atoms with Gasteiger partial charge in [0.25, 0.3) is 0 Å². The average molecular weight is 447 g/mol. The highest BCUT2D eigenvalue weighted by Gasteiger charge is 2.07. The number of fused-ring (bicyclic) bond motifs is 1. The number of halogens is 1. The van der Waals surface area contributed by atoms with E-state index in [1.807, 2.05) is 36.4 Å². The van der Waals surface area contributed by atoms with Crippen molar-refractivity contribution in [3.8, 4) is 11.8 Å². The normalized spacial score (nSPS) is 10.6. The van der Waals surface area contributed by atoms with E-state index in [0.717, 1.165) is 47.8 Å². The number of rotatable bonds is 8. The molecule has 0 heterocycles. The SMILES string of the molecule is C=CCCc1ccc2cc(C#Cc3ccc(CCc4ccc(CCC)cc4)cc3)ccc2c1F. The van der Waals surface area contributed by atoms with E-state index in [2.05, 4.69) is 73.9 Å². The van der Waals surface area contributed by atoms with E-state index in [9.17, 15) is 4.39 Å². The van der Waals surface area contributed by atoms with E-state index >= 15 is 0 Å². The lowest BCUT2D eigenvalue weighted by Crippen LogP contribution is -1.92. The van der Waals surface area contributed by atoms with Gasteiger partial charge >= 0.3 is 0 Å². The van der Waals surface area contributed by atoms with Crippen LogP contribution in [0.3, 0.4) is 0 Å². The molecule has 0 aliphatic rings. The molecular formula is C33H31F. The second-order valence-corrected chi connectivity index (χ2v) is 8.82. The summed E-state index contributed by atoms with van der Waals surface area (Å²) in [5, 5.41) is 1.53. The summed E-state index contributed by atoms with van der Waals surface area (Å²) < 4.78 is 14.8. The van der Waals surface area contributed by atoms with E-state index in [4.69, 9.17) is 0 Å². The van der Waals surface area contributed by atoms with Crippen molar-refractivity contribution < 1.29 is 4.39 Å². The fourth-order valence-corrected chi connectivity index (χ4v) is 4.21. The lowest BCUT2D eigenvalue weighted by atomic mass is 10.0. The largest absolute Gasteiger partial charge is 0.206 e. The molecule has 1 heteroatoms. The van der Waals surface area contributed by atoms with Crippen LogP contribution in [0.15, 0.2) is 91.5 Å². The minimum atomic E-state index is -0.133. The second kappa shape index (κ2) is 11.5. The van der Waals surface area contributed by atoms with Crippen molar-refractivity contribution >= 4 is 10.8 Å². The highest BCUT2D eigenvalue weighted by Crippen LogP contribution is 2.23. The molecule has 0 unspecified atom stereocenters. The Labute approximate surface area is 203 Å². The highest BCUT2D eigenvalue weighted by molar-refractivity contribution is 5.85. The number of benzene rings is 4. The van der Waals surface area contributed by atoms with Crippen molar-refractivity contribution in [2.45, 2.75) is 45.4 Å². The van der Waals surface area contributed by atoms with Crippen LogP contribution in [-0.2, 0) is 25.7 Å². The van der Waals surface area contributed by atoms with Crippen molar-refractivity contribution in [1.29, 1.82) is 0 Å². The van der Waals surface area contributed by atoms with Crippen LogP contribution in [-0.4, -0.2) is 0 Å². The van der Waals surface area contributed by atoms with Crippen molar-refractivity contribution in [3.63, 3.8) is 0 Å². The number of hydrogen-bond donors (Lipinski definition) is 0. The van der Waals surface area contributed by atoms with Gasteiger partial charge in [-0.1, -0.05) is 85.9 Å². The van der Waals surface area contributed by atoms with Gasteiger partial charge in [-0.15, -0.1) is 6.58 Å². The monoisotopic (exact) mass is 446 g/mol. The Balaban J connectivity index is 1.40. The smallest absolute Gasteiger partial charge is 0.134 e. The van der Waals surface area contributed by atoms with Crippen LogP contribution in [0.4, 0.5) is 4.39 Å². The minimum Gasteiger partial charge on any atom is -0.206 e. The molecule has 0 bridgehead atoms. The molecule has 170 valence electrons. The van der Waals surface area contributed by atoms with Gasteiger partial charge in [0.05, 0.1) is 0 Å². The maximum Gasteiger partial charge on any atom is 0.134 e. The molecule has 34 heavy (non-hydrogen) atoms. The third-order valence-corrected chi connectivity index (χ3v) is 6.22. The maximum atomic E-state index is 14.8. The predicted octanol–water partition coefficient (Wildman–Crippen LogP) is 8.24. The molecule has 0 amide bonds. The molecule has 0 spiro atoms. The van der Waals surface area contributed by atoms with Gasteiger partial charge in [-0.05, 0) is 84.0 Å². The molecule has 0 fully saturated rings. The number of hydrogen-bond acceptors (Lipinski definition) is 0. The molecule has 0 aliphatic heterocycles. The molecule has 0 saturated heterocycles. The van der Waals surface area contributed by atoms with E-state index in [1.54, 1.807) is 0 Å². The molecule has 4 aromatic carbocycles. The van der Waals surface area contributed by atoms with Crippen molar-refractivity contribution in [2.75, 3.05) is 0 Å². The summed E-state index contributed by atoms with van der Waals surface area (Å²) in [5.74, 6) is 6.34. The van der Waals surface area contributed by atoms with Crippen LogP contribution in [0.2, 0.25) is 0 Å². The van der Waals surface area contributed by atoms with Crippen LogP contribution in [0.5, 0.6) is 0 Å². The van der Waals surface area contributed by atoms with E-state index in [0.29, 0.717) is 11.8 Å². The molecule has 0 nitrogen and oxygen atoms in total. The lowest BCUT2D eigenvalue weighted by Gasteiger charge is -2.06. The molecule has 0 radical (unpaired) electrons. The van der Waals surface area contributed by atoms with Gasteiger partial charge in [0.2, 0.25) is 0 Å². The fraction of sp³-hybridized carbons (Fsp3) is 0.212. The van der Waals surface area contributed by atoms with Crippen LogP contribution in [0.25, 0.3) is 10.8 Å². The Morgan fingerprint density at radius 1 is 0.706 bits per heavy atom. The summed E-state index contributed by atoms with van der Waals surface area (Å²) in [7, 11) is 0. The summed E-state index contributed by atoms with van der Waals surface area (Å²) in [6, 6.07) is 27.0. The van der Waals surface area contributed by atoms with Gasteiger partial charge in [0.15, 0.2) is 0 Å². The van der Waals surface area contributed by atoms with Crippen LogP contribution >= 0.6 is 0 Å². The summed E-state index contributed by atoms with van der Waals surface area (Å²) in [6.07, 6.45) is 7.67. The first-order valence-electron chi connectivity index (χ1n) is 12.2. The summed E-state index contributed by atoms with van der Waals surface area (Å²) in [5.41, 5.74) is 6.72. The van der Waals surface area contributed by atoms with Gasteiger partial charge in [0, 0.05) is 16.5 Å². The first-order chi connectivity index (χ1) is 16.7.